The standard InChI is InChI=1S/C23H26N4O4S2/c1-15-17(12-19-21(26-32-25-19)22(15)33(24,29)30)13-23(28)7-10-27(11-8-23)9-6-16-14-31-20-5-3-2-4-18(16)20/h2-5,12,14,28H,6-11,13H2,1H3,(H2,24,29,30). The number of benzene rings is 2. The van der Waals surface area contributed by atoms with Crippen molar-refractivity contribution in [1.29, 1.82) is 0 Å². The van der Waals surface area contributed by atoms with E-state index < -0.39 is 15.6 Å². The molecule has 0 bridgehead atoms. The van der Waals surface area contributed by atoms with Crippen LogP contribution in [0.15, 0.2) is 45.9 Å². The fourth-order valence-corrected chi connectivity index (χ4v) is 6.38. The van der Waals surface area contributed by atoms with Crippen LogP contribution in [0.2, 0.25) is 0 Å². The number of piperidine rings is 1. The number of likely N-dealkylation sites (tertiary alicyclic amines) is 1. The molecule has 0 spiro atoms. The van der Waals surface area contributed by atoms with Crippen LogP contribution >= 0.6 is 11.7 Å². The Labute approximate surface area is 196 Å². The first kappa shape index (κ1) is 22.4. The molecule has 0 atom stereocenters. The normalized spacial score (nSPS) is 17.2. The van der Waals surface area contributed by atoms with Crippen molar-refractivity contribution in [2.75, 3.05) is 19.6 Å². The number of primary sulfonamides is 1. The summed E-state index contributed by atoms with van der Waals surface area (Å²) >= 11 is 0.955. The van der Waals surface area contributed by atoms with Crippen LogP contribution in [0.4, 0.5) is 0 Å². The number of para-hydroxylation sites is 1. The lowest BCUT2D eigenvalue weighted by Crippen LogP contribution is -2.46. The summed E-state index contributed by atoms with van der Waals surface area (Å²) in [5.41, 5.74) is 3.29. The lowest BCUT2D eigenvalue weighted by Gasteiger charge is -2.38. The number of sulfonamides is 1. The van der Waals surface area contributed by atoms with Gasteiger partial charge in [0.2, 0.25) is 10.0 Å². The van der Waals surface area contributed by atoms with E-state index in [1.165, 1.54) is 5.56 Å². The minimum atomic E-state index is -3.96. The smallest absolute Gasteiger partial charge is 0.240 e. The van der Waals surface area contributed by atoms with Gasteiger partial charge in [-0.2, -0.15) is 8.75 Å². The van der Waals surface area contributed by atoms with Crippen LogP contribution in [0.3, 0.4) is 0 Å². The Morgan fingerprint density at radius 3 is 2.73 bits per heavy atom. The molecular weight excluding hydrogens is 460 g/mol. The zero-order valence-corrected chi connectivity index (χ0v) is 20.0. The molecule has 0 radical (unpaired) electrons. The van der Waals surface area contributed by atoms with Gasteiger partial charge >= 0.3 is 0 Å². The van der Waals surface area contributed by atoms with Gasteiger partial charge in [0.05, 0.1) is 23.6 Å². The van der Waals surface area contributed by atoms with E-state index in [0.717, 1.165) is 54.3 Å². The highest BCUT2D eigenvalue weighted by molar-refractivity contribution is 7.89. The number of furan rings is 1. The first-order valence-corrected chi connectivity index (χ1v) is 13.2. The van der Waals surface area contributed by atoms with E-state index in [0.29, 0.717) is 35.9 Å². The zero-order chi connectivity index (χ0) is 23.2. The number of aliphatic hydroxyl groups is 1. The van der Waals surface area contributed by atoms with Gasteiger partial charge in [-0.05, 0) is 55.0 Å². The SMILES string of the molecule is Cc1c(CC2(O)CCN(CCc3coc4ccccc34)CC2)cc2nsnc2c1S(N)(=O)=O. The van der Waals surface area contributed by atoms with E-state index in [1.807, 2.05) is 30.5 Å². The predicted octanol–water partition coefficient (Wildman–Crippen LogP) is 3.01. The molecule has 1 saturated heterocycles. The molecule has 1 aliphatic rings. The molecule has 0 aliphatic carbocycles. The molecule has 8 nitrogen and oxygen atoms in total. The predicted molar refractivity (Wildman–Crippen MR) is 128 cm³/mol. The van der Waals surface area contributed by atoms with E-state index in [9.17, 15) is 13.5 Å². The molecule has 0 amide bonds. The highest BCUT2D eigenvalue weighted by Gasteiger charge is 2.34. The Morgan fingerprint density at radius 1 is 1.21 bits per heavy atom. The topological polar surface area (TPSA) is 123 Å². The molecule has 0 unspecified atom stereocenters. The first-order valence-electron chi connectivity index (χ1n) is 10.9. The summed E-state index contributed by atoms with van der Waals surface area (Å²) in [5.74, 6) is 0. The molecule has 10 heteroatoms. The van der Waals surface area contributed by atoms with Crippen molar-refractivity contribution in [2.24, 2.45) is 5.14 Å². The van der Waals surface area contributed by atoms with Gasteiger partial charge in [-0.15, -0.1) is 0 Å². The monoisotopic (exact) mass is 486 g/mol. The minimum Gasteiger partial charge on any atom is -0.464 e. The van der Waals surface area contributed by atoms with Gasteiger partial charge in [-0.25, -0.2) is 13.6 Å². The summed E-state index contributed by atoms with van der Waals surface area (Å²) in [7, 11) is -3.96. The van der Waals surface area contributed by atoms with E-state index >= 15 is 0 Å². The summed E-state index contributed by atoms with van der Waals surface area (Å²) < 4.78 is 38.4. The van der Waals surface area contributed by atoms with Crippen molar-refractivity contribution >= 4 is 43.8 Å². The number of hydrogen-bond donors (Lipinski definition) is 2. The van der Waals surface area contributed by atoms with Crippen LogP contribution < -0.4 is 5.14 Å². The molecule has 2 aromatic heterocycles. The maximum atomic E-state index is 12.2. The van der Waals surface area contributed by atoms with Crippen LogP contribution in [0.5, 0.6) is 0 Å². The minimum absolute atomic E-state index is 0.0112. The number of nitrogens with zero attached hydrogens (tertiary/aromatic N) is 3. The van der Waals surface area contributed by atoms with Crippen molar-refractivity contribution in [3.8, 4) is 0 Å². The third kappa shape index (κ3) is 4.41. The Morgan fingerprint density at radius 2 is 1.97 bits per heavy atom. The van der Waals surface area contributed by atoms with Crippen molar-refractivity contribution in [3.05, 3.63) is 53.3 Å². The largest absolute Gasteiger partial charge is 0.464 e. The van der Waals surface area contributed by atoms with Crippen molar-refractivity contribution in [3.63, 3.8) is 0 Å². The zero-order valence-electron chi connectivity index (χ0n) is 18.3. The van der Waals surface area contributed by atoms with Crippen molar-refractivity contribution in [2.45, 2.75) is 43.1 Å². The van der Waals surface area contributed by atoms with E-state index in [1.54, 1.807) is 6.92 Å². The number of fused-ring (bicyclic) bond motifs is 2. The highest BCUT2D eigenvalue weighted by atomic mass is 32.2. The molecule has 1 aliphatic heterocycles. The number of nitrogens with two attached hydrogens (primary N) is 1. The number of rotatable bonds is 6. The second kappa shape index (κ2) is 8.44. The lowest BCUT2D eigenvalue weighted by atomic mass is 9.84. The van der Waals surface area contributed by atoms with Gasteiger partial charge in [-0.3, -0.25) is 0 Å². The fourth-order valence-electron chi connectivity index (χ4n) is 4.81. The maximum Gasteiger partial charge on any atom is 0.240 e. The summed E-state index contributed by atoms with van der Waals surface area (Å²) in [6, 6.07) is 9.87. The quantitative estimate of drug-likeness (QED) is 0.429. The fraction of sp³-hybridized carbons (Fsp3) is 0.391. The Hall–Kier alpha value is -2.37. The van der Waals surface area contributed by atoms with E-state index in [2.05, 4.69) is 19.7 Å². The molecular formula is C23H26N4O4S2. The molecule has 174 valence electrons. The number of hydrogen-bond acceptors (Lipinski definition) is 8. The molecule has 33 heavy (non-hydrogen) atoms. The van der Waals surface area contributed by atoms with Gasteiger partial charge in [0.25, 0.3) is 0 Å². The molecule has 5 rings (SSSR count). The third-order valence-corrected chi connectivity index (χ3v) is 8.32. The summed E-state index contributed by atoms with van der Waals surface area (Å²) in [6.45, 7) is 4.16. The second-order valence-electron chi connectivity index (χ2n) is 8.92. The Kier molecular flexibility index (Phi) is 5.74. The molecule has 2 aromatic carbocycles. The maximum absolute atomic E-state index is 12.2. The van der Waals surface area contributed by atoms with Gasteiger partial charge < -0.3 is 14.4 Å². The molecule has 3 heterocycles. The lowest BCUT2D eigenvalue weighted by molar-refractivity contribution is -0.0204. The second-order valence-corrected chi connectivity index (χ2v) is 10.9. The Bertz CT molecular complexity index is 1420. The van der Waals surface area contributed by atoms with Crippen LogP contribution in [0.1, 0.15) is 29.5 Å². The van der Waals surface area contributed by atoms with Crippen molar-refractivity contribution < 1.29 is 17.9 Å². The average Bonchev–Trinajstić information content (AvgIpc) is 3.39. The first-order chi connectivity index (χ1) is 15.7. The van der Waals surface area contributed by atoms with Gasteiger partial charge in [0, 0.05) is 31.4 Å². The van der Waals surface area contributed by atoms with Gasteiger partial charge in [0.1, 0.15) is 21.5 Å². The molecule has 0 saturated carbocycles. The summed E-state index contributed by atoms with van der Waals surface area (Å²) in [5, 5.41) is 18.0. The molecule has 3 N–H and O–H groups in total. The van der Waals surface area contributed by atoms with E-state index in [4.69, 9.17) is 9.56 Å². The molecule has 1 fully saturated rings. The van der Waals surface area contributed by atoms with E-state index in [-0.39, 0.29) is 4.90 Å². The highest BCUT2D eigenvalue weighted by Crippen LogP contribution is 2.33. The van der Waals surface area contributed by atoms with Crippen LogP contribution in [0.25, 0.3) is 22.0 Å². The average molecular weight is 487 g/mol. The summed E-state index contributed by atoms with van der Waals surface area (Å²) in [4.78, 5) is 2.36. The summed E-state index contributed by atoms with van der Waals surface area (Å²) in [6.07, 6.45) is 4.29. The van der Waals surface area contributed by atoms with Crippen LogP contribution in [0, 0.1) is 6.92 Å². The number of aromatic nitrogens is 2. The molecule has 4 aromatic rings. The Balaban J connectivity index is 1.28. The van der Waals surface area contributed by atoms with Crippen LogP contribution in [-0.4, -0.2) is 52.4 Å². The van der Waals surface area contributed by atoms with Gasteiger partial charge in [-0.1, -0.05) is 18.2 Å². The van der Waals surface area contributed by atoms with Crippen LogP contribution in [-0.2, 0) is 22.9 Å². The van der Waals surface area contributed by atoms with Gasteiger partial charge in [0.15, 0.2) is 0 Å². The van der Waals surface area contributed by atoms with Crippen molar-refractivity contribution in [1.82, 2.24) is 13.6 Å². The third-order valence-electron chi connectivity index (χ3n) is 6.71.